The van der Waals surface area contributed by atoms with E-state index < -0.39 is 18.0 Å². The second kappa shape index (κ2) is 8.66. The zero-order valence-corrected chi connectivity index (χ0v) is 15.2. The molecule has 0 spiro atoms. The number of aliphatic carboxylic acids is 1. The summed E-state index contributed by atoms with van der Waals surface area (Å²) >= 11 is 6.15. The molecule has 140 valence electrons. The zero-order chi connectivity index (χ0) is 18.5. The van der Waals surface area contributed by atoms with Gasteiger partial charge in [0, 0.05) is 24.2 Å². The fourth-order valence-corrected chi connectivity index (χ4v) is 3.59. The van der Waals surface area contributed by atoms with E-state index in [4.69, 9.17) is 16.1 Å². The van der Waals surface area contributed by atoms with Gasteiger partial charge in [0.2, 0.25) is 0 Å². The first-order chi connectivity index (χ1) is 12.6. The lowest BCUT2D eigenvalue weighted by Gasteiger charge is -2.25. The number of hydrogen-bond acceptors (Lipinski definition) is 5. The first-order valence-corrected chi connectivity index (χ1v) is 9.30. The molecule has 0 aliphatic heterocycles. The van der Waals surface area contributed by atoms with Gasteiger partial charge in [-0.15, -0.1) is 0 Å². The first kappa shape index (κ1) is 18.9. The molecule has 0 saturated heterocycles. The van der Waals surface area contributed by atoms with Crippen molar-refractivity contribution >= 4 is 17.6 Å². The van der Waals surface area contributed by atoms with Crippen LogP contribution in [0, 0.1) is 5.92 Å². The van der Waals surface area contributed by atoms with E-state index in [1.807, 2.05) is 6.07 Å². The maximum absolute atomic E-state index is 11.6. The first-order valence-electron chi connectivity index (χ1n) is 8.92. The van der Waals surface area contributed by atoms with Crippen molar-refractivity contribution < 1.29 is 19.5 Å². The Morgan fingerprint density at radius 3 is 2.73 bits per heavy atom. The SMILES string of the molecule is O=C(O)C(CNC1CCCCC1)C(O)c1cc(-c2ccccc2Cl)no1. The third-order valence-electron chi connectivity index (χ3n) is 4.90. The molecule has 1 saturated carbocycles. The molecule has 1 heterocycles. The molecule has 1 fully saturated rings. The highest BCUT2D eigenvalue weighted by Gasteiger charge is 2.31. The summed E-state index contributed by atoms with van der Waals surface area (Å²) in [7, 11) is 0. The summed E-state index contributed by atoms with van der Waals surface area (Å²) in [6, 6.07) is 9.00. The monoisotopic (exact) mass is 378 g/mol. The number of aliphatic hydroxyl groups excluding tert-OH is 1. The number of hydrogen-bond donors (Lipinski definition) is 3. The van der Waals surface area contributed by atoms with Crippen LogP contribution in [0.4, 0.5) is 0 Å². The van der Waals surface area contributed by atoms with Gasteiger partial charge >= 0.3 is 5.97 Å². The van der Waals surface area contributed by atoms with E-state index in [1.165, 1.54) is 6.42 Å². The minimum atomic E-state index is -1.28. The van der Waals surface area contributed by atoms with Crippen LogP contribution in [-0.4, -0.2) is 33.9 Å². The predicted octanol–water partition coefficient (Wildman–Crippen LogP) is 3.65. The van der Waals surface area contributed by atoms with Gasteiger partial charge in [-0.05, 0) is 18.9 Å². The van der Waals surface area contributed by atoms with Gasteiger partial charge in [0.25, 0.3) is 0 Å². The maximum Gasteiger partial charge on any atom is 0.310 e. The molecule has 1 aliphatic carbocycles. The van der Waals surface area contributed by atoms with Crippen LogP contribution in [0.3, 0.4) is 0 Å². The van der Waals surface area contributed by atoms with Gasteiger partial charge in [-0.1, -0.05) is 54.2 Å². The van der Waals surface area contributed by atoms with Crippen molar-refractivity contribution in [1.29, 1.82) is 0 Å². The highest BCUT2D eigenvalue weighted by Crippen LogP contribution is 2.31. The molecule has 7 heteroatoms. The number of aliphatic hydroxyl groups is 1. The molecule has 2 atom stereocenters. The second-order valence-electron chi connectivity index (χ2n) is 6.73. The number of carboxylic acid groups (broad SMARTS) is 1. The molecule has 2 aromatic rings. The molecular weight excluding hydrogens is 356 g/mol. The molecular formula is C19H23ClN2O4. The van der Waals surface area contributed by atoms with Crippen molar-refractivity contribution in [2.75, 3.05) is 6.54 Å². The lowest BCUT2D eigenvalue weighted by molar-refractivity contribution is -0.146. The summed E-state index contributed by atoms with van der Waals surface area (Å²) < 4.78 is 5.21. The molecule has 3 rings (SSSR count). The molecule has 1 aromatic heterocycles. The molecule has 6 nitrogen and oxygen atoms in total. The average molecular weight is 379 g/mol. The molecule has 0 bridgehead atoms. The van der Waals surface area contributed by atoms with Crippen LogP contribution in [0.5, 0.6) is 0 Å². The number of carboxylic acids is 1. The van der Waals surface area contributed by atoms with Crippen LogP contribution in [0.2, 0.25) is 5.02 Å². The van der Waals surface area contributed by atoms with Crippen LogP contribution in [0.1, 0.15) is 44.0 Å². The topological polar surface area (TPSA) is 95.6 Å². The third-order valence-corrected chi connectivity index (χ3v) is 5.23. The van der Waals surface area contributed by atoms with Crippen LogP contribution in [0.25, 0.3) is 11.3 Å². The molecule has 0 amide bonds. The van der Waals surface area contributed by atoms with E-state index in [1.54, 1.807) is 24.3 Å². The fourth-order valence-electron chi connectivity index (χ4n) is 3.36. The highest BCUT2D eigenvalue weighted by molar-refractivity contribution is 6.33. The summed E-state index contributed by atoms with van der Waals surface area (Å²) in [4.78, 5) is 11.6. The van der Waals surface area contributed by atoms with Gasteiger partial charge in [-0.2, -0.15) is 0 Å². The number of aromatic nitrogens is 1. The van der Waals surface area contributed by atoms with Gasteiger partial charge in [0.1, 0.15) is 17.7 Å². The number of nitrogens with one attached hydrogen (secondary N) is 1. The second-order valence-corrected chi connectivity index (χ2v) is 7.13. The highest BCUT2D eigenvalue weighted by atomic mass is 35.5. The Kier molecular flexibility index (Phi) is 6.29. The van der Waals surface area contributed by atoms with E-state index in [0.717, 1.165) is 25.7 Å². The normalized spacial score (nSPS) is 17.8. The van der Waals surface area contributed by atoms with Crippen molar-refractivity contribution in [2.45, 2.75) is 44.2 Å². The maximum atomic E-state index is 11.6. The largest absolute Gasteiger partial charge is 0.481 e. The molecule has 0 radical (unpaired) electrons. The zero-order valence-electron chi connectivity index (χ0n) is 14.4. The number of benzene rings is 1. The molecule has 2 unspecified atom stereocenters. The molecule has 1 aliphatic rings. The minimum absolute atomic E-state index is 0.123. The summed E-state index contributed by atoms with van der Waals surface area (Å²) in [6.07, 6.45) is 4.34. The van der Waals surface area contributed by atoms with Gasteiger partial charge in [-0.25, -0.2) is 0 Å². The molecule has 26 heavy (non-hydrogen) atoms. The van der Waals surface area contributed by atoms with Crippen LogP contribution in [0.15, 0.2) is 34.9 Å². The van der Waals surface area contributed by atoms with Crippen LogP contribution >= 0.6 is 11.6 Å². The smallest absolute Gasteiger partial charge is 0.310 e. The summed E-state index contributed by atoms with van der Waals surface area (Å²) in [5, 5.41) is 27.8. The standard InChI is InChI=1S/C19H23ClN2O4/c20-15-9-5-4-8-13(15)16-10-17(26-22-16)18(23)14(19(24)25)11-21-12-6-2-1-3-7-12/h4-5,8-10,12,14,18,21,23H,1-3,6-7,11H2,(H,24,25). The molecule has 3 N–H and O–H groups in total. The van der Waals surface area contributed by atoms with Gasteiger partial charge in [0.05, 0.1) is 5.02 Å². The van der Waals surface area contributed by atoms with E-state index in [2.05, 4.69) is 10.5 Å². The summed E-state index contributed by atoms with van der Waals surface area (Å²) in [5.41, 5.74) is 1.14. The van der Waals surface area contributed by atoms with E-state index in [0.29, 0.717) is 22.3 Å². The fraction of sp³-hybridized carbons (Fsp3) is 0.474. The lowest BCUT2D eigenvalue weighted by atomic mass is 9.94. The quantitative estimate of drug-likeness (QED) is 0.680. The van der Waals surface area contributed by atoms with E-state index in [9.17, 15) is 15.0 Å². The minimum Gasteiger partial charge on any atom is -0.481 e. The Morgan fingerprint density at radius 1 is 1.31 bits per heavy atom. The van der Waals surface area contributed by atoms with Crippen molar-refractivity contribution in [3.63, 3.8) is 0 Å². The average Bonchev–Trinajstić information content (AvgIpc) is 3.12. The number of rotatable bonds is 7. The third kappa shape index (κ3) is 4.44. The summed E-state index contributed by atoms with van der Waals surface area (Å²) in [5.74, 6) is -1.96. The Balaban J connectivity index is 1.70. The number of carbonyl (C=O) groups is 1. The lowest BCUT2D eigenvalue weighted by Crippen LogP contribution is -2.39. The predicted molar refractivity (Wildman–Crippen MR) is 97.9 cm³/mol. The van der Waals surface area contributed by atoms with Crippen LogP contribution < -0.4 is 5.32 Å². The molecule has 1 aromatic carbocycles. The Morgan fingerprint density at radius 2 is 2.04 bits per heavy atom. The number of halogens is 1. The Bertz CT molecular complexity index is 743. The Labute approximate surface area is 157 Å². The van der Waals surface area contributed by atoms with E-state index >= 15 is 0 Å². The van der Waals surface area contributed by atoms with Crippen LogP contribution in [-0.2, 0) is 4.79 Å². The van der Waals surface area contributed by atoms with Gasteiger partial charge in [-0.3, -0.25) is 4.79 Å². The Hall–Kier alpha value is -1.89. The van der Waals surface area contributed by atoms with Crippen molar-refractivity contribution in [2.24, 2.45) is 5.92 Å². The van der Waals surface area contributed by atoms with Gasteiger partial charge < -0.3 is 20.1 Å². The van der Waals surface area contributed by atoms with Crippen molar-refractivity contribution in [3.05, 3.63) is 41.1 Å². The summed E-state index contributed by atoms with van der Waals surface area (Å²) in [6.45, 7) is 0.184. The van der Waals surface area contributed by atoms with E-state index in [-0.39, 0.29) is 12.3 Å². The number of nitrogens with zero attached hydrogens (tertiary/aromatic N) is 1. The van der Waals surface area contributed by atoms with Crippen molar-refractivity contribution in [1.82, 2.24) is 10.5 Å². The van der Waals surface area contributed by atoms with Gasteiger partial charge in [0.15, 0.2) is 5.76 Å². The van der Waals surface area contributed by atoms with Crippen molar-refractivity contribution in [3.8, 4) is 11.3 Å².